The lowest BCUT2D eigenvalue weighted by Gasteiger charge is -2.09. The Balaban J connectivity index is 1.20. The van der Waals surface area contributed by atoms with Crippen LogP contribution in [0.3, 0.4) is 0 Å². The Hall–Kier alpha value is -2.25. The van der Waals surface area contributed by atoms with E-state index in [4.69, 9.17) is 4.74 Å². The molecular formula is C21H27N5OS. The molecular weight excluding hydrogens is 370 g/mol. The van der Waals surface area contributed by atoms with Gasteiger partial charge in [0.25, 0.3) is 0 Å². The van der Waals surface area contributed by atoms with Crippen molar-refractivity contribution in [3.05, 3.63) is 57.6 Å². The number of fused-ring (bicyclic) bond motifs is 1. The van der Waals surface area contributed by atoms with Gasteiger partial charge >= 0.3 is 0 Å². The van der Waals surface area contributed by atoms with Crippen LogP contribution < -0.4 is 10.1 Å². The van der Waals surface area contributed by atoms with Crippen LogP contribution >= 0.6 is 11.3 Å². The van der Waals surface area contributed by atoms with Gasteiger partial charge < -0.3 is 14.6 Å². The minimum absolute atomic E-state index is 0.518. The van der Waals surface area contributed by atoms with Crippen LogP contribution in [0, 0.1) is 6.92 Å². The van der Waals surface area contributed by atoms with Gasteiger partial charge in [0, 0.05) is 37.9 Å². The Kier molecular flexibility index (Phi) is 6.34. The molecule has 2 aromatic heterocycles. The average Bonchev–Trinajstić information content (AvgIpc) is 3.22. The minimum atomic E-state index is 0.518. The molecule has 0 spiro atoms. The highest BCUT2D eigenvalue weighted by molar-refractivity contribution is 7.09. The van der Waals surface area contributed by atoms with Gasteiger partial charge in [-0.1, -0.05) is 18.6 Å². The fourth-order valence-corrected chi connectivity index (χ4v) is 4.10. The number of aromatic nitrogens is 4. The maximum Gasteiger partial charge on any atom is 0.134 e. The zero-order chi connectivity index (χ0) is 19.2. The molecule has 0 saturated heterocycles. The first-order chi connectivity index (χ1) is 13.8. The van der Waals surface area contributed by atoms with E-state index < -0.39 is 0 Å². The van der Waals surface area contributed by atoms with Crippen molar-refractivity contribution in [2.45, 2.75) is 58.7 Å². The van der Waals surface area contributed by atoms with Crippen molar-refractivity contribution in [3.8, 4) is 5.75 Å². The Morgan fingerprint density at radius 2 is 2.04 bits per heavy atom. The van der Waals surface area contributed by atoms with E-state index in [0.717, 1.165) is 60.6 Å². The highest BCUT2D eigenvalue weighted by atomic mass is 32.1. The summed E-state index contributed by atoms with van der Waals surface area (Å²) in [6, 6.07) is 8.26. The molecule has 4 rings (SSSR count). The van der Waals surface area contributed by atoms with Crippen LogP contribution in [0.15, 0.2) is 29.6 Å². The molecule has 3 heterocycles. The molecule has 28 heavy (non-hydrogen) atoms. The van der Waals surface area contributed by atoms with Crippen molar-refractivity contribution in [1.29, 1.82) is 0 Å². The summed E-state index contributed by atoms with van der Waals surface area (Å²) in [5, 5.41) is 15.4. The van der Waals surface area contributed by atoms with Gasteiger partial charge in [0.05, 0.1) is 10.7 Å². The fraction of sp³-hybridized carbons (Fsp3) is 0.476. The summed E-state index contributed by atoms with van der Waals surface area (Å²) in [6.45, 7) is 5.34. The summed E-state index contributed by atoms with van der Waals surface area (Å²) in [5.74, 6) is 3.15. The van der Waals surface area contributed by atoms with Gasteiger partial charge in [0.2, 0.25) is 0 Å². The quantitative estimate of drug-likeness (QED) is 0.588. The second-order valence-electron chi connectivity index (χ2n) is 7.21. The molecule has 1 aliphatic rings. The van der Waals surface area contributed by atoms with Gasteiger partial charge in [-0.25, -0.2) is 4.98 Å². The number of benzene rings is 1. The molecule has 0 atom stereocenters. The second kappa shape index (κ2) is 9.30. The first-order valence-electron chi connectivity index (χ1n) is 10.0. The first-order valence-corrected chi connectivity index (χ1v) is 10.9. The van der Waals surface area contributed by atoms with E-state index in [0.29, 0.717) is 6.61 Å². The molecule has 7 heteroatoms. The van der Waals surface area contributed by atoms with Gasteiger partial charge in [-0.3, -0.25) is 0 Å². The standard InChI is InChI=1S/C21H27N5OS/c1-16-23-18(15-28-16)14-27-19-8-6-17(7-9-19)13-22-11-10-21-25-24-20-5-3-2-4-12-26(20)21/h6-9,15,22H,2-5,10-14H2,1H3. The van der Waals surface area contributed by atoms with Crippen molar-refractivity contribution >= 4 is 11.3 Å². The topological polar surface area (TPSA) is 64.9 Å². The van der Waals surface area contributed by atoms with Crippen LogP contribution in [0.5, 0.6) is 5.75 Å². The fourth-order valence-electron chi connectivity index (χ4n) is 3.50. The highest BCUT2D eigenvalue weighted by Crippen LogP contribution is 2.16. The van der Waals surface area contributed by atoms with Crippen molar-refractivity contribution in [2.24, 2.45) is 0 Å². The molecule has 0 aliphatic carbocycles. The summed E-state index contributed by atoms with van der Waals surface area (Å²) < 4.78 is 8.13. The van der Waals surface area contributed by atoms with Crippen LogP contribution in [0.4, 0.5) is 0 Å². The summed E-state index contributed by atoms with van der Waals surface area (Å²) in [5.41, 5.74) is 2.23. The smallest absolute Gasteiger partial charge is 0.134 e. The van der Waals surface area contributed by atoms with Gasteiger partial charge in [-0.15, -0.1) is 21.5 Å². The predicted molar refractivity (Wildman–Crippen MR) is 111 cm³/mol. The van der Waals surface area contributed by atoms with E-state index in [1.807, 2.05) is 24.4 Å². The van der Waals surface area contributed by atoms with Crippen LogP contribution in [-0.4, -0.2) is 26.3 Å². The zero-order valence-corrected chi connectivity index (χ0v) is 17.2. The number of ether oxygens (including phenoxy) is 1. The minimum Gasteiger partial charge on any atom is -0.487 e. The molecule has 0 saturated carbocycles. The average molecular weight is 398 g/mol. The van der Waals surface area contributed by atoms with Gasteiger partial charge in [0.15, 0.2) is 0 Å². The molecule has 0 radical (unpaired) electrons. The lowest BCUT2D eigenvalue weighted by atomic mass is 10.2. The Morgan fingerprint density at radius 1 is 1.14 bits per heavy atom. The third-order valence-corrected chi connectivity index (χ3v) is 5.84. The molecule has 0 bridgehead atoms. The number of hydrogen-bond acceptors (Lipinski definition) is 6. The molecule has 0 amide bonds. The van der Waals surface area contributed by atoms with E-state index in [-0.39, 0.29) is 0 Å². The number of aryl methyl sites for hydroxylation is 2. The van der Waals surface area contributed by atoms with E-state index in [1.54, 1.807) is 11.3 Å². The second-order valence-corrected chi connectivity index (χ2v) is 8.27. The summed E-state index contributed by atoms with van der Waals surface area (Å²) in [6.07, 6.45) is 5.75. The number of rotatable bonds is 8. The van der Waals surface area contributed by atoms with E-state index in [9.17, 15) is 0 Å². The third kappa shape index (κ3) is 4.97. The molecule has 6 nitrogen and oxygen atoms in total. The number of hydrogen-bond donors (Lipinski definition) is 1. The molecule has 3 aromatic rings. The Morgan fingerprint density at radius 3 is 2.86 bits per heavy atom. The monoisotopic (exact) mass is 397 g/mol. The van der Waals surface area contributed by atoms with Crippen LogP contribution in [0.1, 0.15) is 47.2 Å². The highest BCUT2D eigenvalue weighted by Gasteiger charge is 2.13. The molecule has 1 aromatic carbocycles. The lowest BCUT2D eigenvalue weighted by molar-refractivity contribution is 0.302. The van der Waals surface area contributed by atoms with Crippen molar-refractivity contribution in [2.75, 3.05) is 6.54 Å². The summed E-state index contributed by atoms with van der Waals surface area (Å²) in [7, 11) is 0. The lowest BCUT2D eigenvalue weighted by Crippen LogP contribution is -2.19. The Labute approximate surface area is 170 Å². The molecule has 148 valence electrons. The number of nitrogens with zero attached hydrogens (tertiary/aromatic N) is 4. The maximum absolute atomic E-state index is 5.80. The SMILES string of the molecule is Cc1nc(COc2ccc(CNCCc3nnc4n3CCCCC4)cc2)cs1. The third-order valence-electron chi connectivity index (χ3n) is 5.02. The zero-order valence-electron chi connectivity index (χ0n) is 16.4. The van der Waals surface area contributed by atoms with Crippen LogP contribution in [0.25, 0.3) is 0 Å². The normalized spacial score (nSPS) is 13.9. The van der Waals surface area contributed by atoms with Gasteiger partial charge in [0.1, 0.15) is 24.0 Å². The molecule has 0 fully saturated rings. The van der Waals surface area contributed by atoms with Crippen molar-refractivity contribution in [3.63, 3.8) is 0 Å². The van der Waals surface area contributed by atoms with Crippen molar-refractivity contribution < 1.29 is 4.74 Å². The van der Waals surface area contributed by atoms with E-state index in [2.05, 4.69) is 37.2 Å². The Bertz CT molecular complexity index is 887. The van der Waals surface area contributed by atoms with Crippen LogP contribution in [-0.2, 0) is 32.5 Å². The van der Waals surface area contributed by atoms with E-state index >= 15 is 0 Å². The number of thiazole rings is 1. The van der Waals surface area contributed by atoms with Gasteiger partial charge in [-0.05, 0) is 37.5 Å². The molecule has 0 unspecified atom stereocenters. The van der Waals surface area contributed by atoms with Crippen molar-refractivity contribution in [1.82, 2.24) is 25.1 Å². The summed E-state index contributed by atoms with van der Waals surface area (Å²) >= 11 is 1.65. The first kappa shape index (κ1) is 19.1. The number of nitrogens with one attached hydrogen (secondary N) is 1. The van der Waals surface area contributed by atoms with Crippen LogP contribution in [0.2, 0.25) is 0 Å². The van der Waals surface area contributed by atoms with E-state index in [1.165, 1.54) is 24.8 Å². The summed E-state index contributed by atoms with van der Waals surface area (Å²) in [4.78, 5) is 4.42. The predicted octanol–water partition coefficient (Wildman–Crippen LogP) is 3.68. The molecule has 1 aliphatic heterocycles. The largest absolute Gasteiger partial charge is 0.487 e. The van der Waals surface area contributed by atoms with Gasteiger partial charge in [-0.2, -0.15) is 0 Å². The maximum atomic E-state index is 5.80. The molecule has 1 N–H and O–H groups in total.